The molecule has 0 atom stereocenters. The summed E-state index contributed by atoms with van der Waals surface area (Å²) in [6.07, 6.45) is 3.58. The van der Waals surface area contributed by atoms with Crippen molar-refractivity contribution in [3.63, 3.8) is 0 Å². The van der Waals surface area contributed by atoms with Crippen molar-refractivity contribution in [3.05, 3.63) is 17.8 Å². The number of nitrogens with one attached hydrogen (secondary N) is 2. The third kappa shape index (κ3) is 7.05. The maximum Gasteiger partial charge on any atom is 0.410 e. The molecule has 8 nitrogen and oxygen atoms in total. The Kier molecular flexibility index (Phi) is 6.96. The molecule has 1 aliphatic rings. The zero-order valence-corrected chi connectivity index (χ0v) is 18.3. The Hall–Kier alpha value is -2.25. The van der Waals surface area contributed by atoms with Crippen LogP contribution in [0.2, 0.25) is 0 Å². The van der Waals surface area contributed by atoms with Gasteiger partial charge in [-0.2, -0.15) is 0 Å². The zero-order valence-electron chi connectivity index (χ0n) is 18.3. The van der Waals surface area contributed by atoms with Crippen molar-refractivity contribution < 1.29 is 13.9 Å². The molecule has 1 fully saturated rings. The van der Waals surface area contributed by atoms with Crippen LogP contribution < -0.4 is 10.6 Å². The second-order valence-corrected chi connectivity index (χ2v) is 9.13. The number of ether oxygens (including phenoxy) is 1. The molecule has 1 heterocycles. The fourth-order valence-corrected chi connectivity index (χ4v) is 2.54. The smallest absolute Gasteiger partial charge is 0.410 e. The lowest BCUT2D eigenvalue weighted by Gasteiger charge is -2.27. The number of carbonyl (C=O) groups excluding carboxylic acids is 1. The Balaban J connectivity index is 1.79. The van der Waals surface area contributed by atoms with Crippen LogP contribution in [-0.2, 0) is 16.7 Å². The average molecular weight is 394 g/mol. The van der Waals surface area contributed by atoms with Crippen LogP contribution in [0.1, 0.15) is 66.0 Å². The summed E-state index contributed by atoms with van der Waals surface area (Å²) in [5.74, 6) is 2.10. The molecule has 0 saturated heterocycles. The number of rotatable bonds is 6. The number of guanidine groups is 1. The van der Waals surface area contributed by atoms with Crippen LogP contribution in [-0.4, -0.2) is 53.7 Å². The summed E-state index contributed by atoms with van der Waals surface area (Å²) >= 11 is 0. The second-order valence-electron chi connectivity index (χ2n) is 9.13. The summed E-state index contributed by atoms with van der Waals surface area (Å²) in [6.45, 7) is 13.5. The van der Waals surface area contributed by atoms with Crippen LogP contribution in [0.4, 0.5) is 4.79 Å². The summed E-state index contributed by atoms with van der Waals surface area (Å²) in [4.78, 5) is 22.7. The monoisotopic (exact) mass is 393 g/mol. The highest BCUT2D eigenvalue weighted by atomic mass is 16.6. The van der Waals surface area contributed by atoms with Crippen LogP contribution >= 0.6 is 0 Å². The molecular formula is C20H35N5O3. The summed E-state index contributed by atoms with van der Waals surface area (Å²) < 4.78 is 11.3. The van der Waals surface area contributed by atoms with E-state index in [1.54, 1.807) is 18.1 Å². The van der Waals surface area contributed by atoms with Crippen molar-refractivity contribution in [2.45, 2.75) is 78.0 Å². The van der Waals surface area contributed by atoms with Crippen molar-refractivity contribution in [2.75, 3.05) is 20.1 Å². The summed E-state index contributed by atoms with van der Waals surface area (Å²) in [6, 6.07) is 0.287. The number of nitrogens with zero attached hydrogens (tertiary/aromatic N) is 3. The first kappa shape index (κ1) is 22.0. The maximum absolute atomic E-state index is 12.4. The SMILES string of the molecule is CN=C(NCCN(C(=O)OC(C)(C)C)C1CC1)NCc1ncc(C(C)(C)C)o1. The number of carbonyl (C=O) groups is 1. The van der Waals surface area contributed by atoms with Gasteiger partial charge in [0.05, 0.1) is 12.7 Å². The minimum Gasteiger partial charge on any atom is -0.444 e. The lowest BCUT2D eigenvalue weighted by Crippen LogP contribution is -2.45. The van der Waals surface area contributed by atoms with Gasteiger partial charge in [0.15, 0.2) is 5.96 Å². The molecule has 1 aromatic rings. The van der Waals surface area contributed by atoms with Gasteiger partial charge in [0, 0.05) is 31.6 Å². The lowest BCUT2D eigenvalue weighted by atomic mass is 9.94. The molecule has 2 N–H and O–H groups in total. The van der Waals surface area contributed by atoms with Gasteiger partial charge in [-0.05, 0) is 33.6 Å². The Labute approximate surface area is 168 Å². The van der Waals surface area contributed by atoms with Gasteiger partial charge in [0.1, 0.15) is 11.4 Å². The lowest BCUT2D eigenvalue weighted by molar-refractivity contribution is 0.0238. The molecule has 8 heteroatoms. The van der Waals surface area contributed by atoms with Crippen LogP contribution in [0.25, 0.3) is 0 Å². The van der Waals surface area contributed by atoms with Crippen molar-refractivity contribution in [1.82, 2.24) is 20.5 Å². The van der Waals surface area contributed by atoms with Gasteiger partial charge >= 0.3 is 6.09 Å². The molecule has 1 aliphatic carbocycles. The quantitative estimate of drug-likeness (QED) is 0.570. The molecule has 0 radical (unpaired) electrons. The second kappa shape index (κ2) is 8.84. The van der Waals surface area contributed by atoms with Gasteiger partial charge in [-0.1, -0.05) is 20.8 Å². The maximum atomic E-state index is 12.4. The number of aromatic nitrogens is 1. The molecule has 158 valence electrons. The van der Waals surface area contributed by atoms with Gasteiger partial charge in [0.2, 0.25) is 5.89 Å². The third-order valence-corrected chi connectivity index (χ3v) is 4.18. The predicted octanol–water partition coefficient (Wildman–Crippen LogP) is 3.04. The number of hydrogen-bond donors (Lipinski definition) is 2. The Morgan fingerprint density at radius 3 is 2.46 bits per heavy atom. The minimum absolute atomic E-state index is 0.0703. The van der Waals surface area contributed by atoms with Crippen LogP contribution in [0.3, 0.4) is 0 Å². The number of amides is 1. The standard InChI is InChI=1S/C20H35N5O3/c1-19(2,3)15-12-23-16(27-15)13-24-17(21-7)22-10-11-25(14-8-9-14)18(26)28-20(4,5)6/h12,14H,8-11,13H2,1-7H3,(H2,21,22,24). The van der Waals surface area contributed by atoms with E-state index in [-0.39, 0.29) is 17.6 Å². The molecule has 0 aromatic carbocycles. The first-order chi connectivity index (χ1) is 13.0. The third-order valence-electron chi connectivity index (χ3n) is 4.18. The van der Waals surface area contributed by atoms with E-state index >= 15 is 0 Å². The molecule has 0 bridgehead atoms. The molecule has 2 rings (SSSR count). The van der Waals surface area contributed by atoms with Crippen LogP contribution in [0, 0.1) is 0 Å². The van der Waals surface area contributed by atoms with Gasteiger partial charge in [0.25, 0.3) is 0 Å². The molecule has 1 amide bonds. The highest BCUT2D eigenvalue weighted by Crippen LogP contribution is 2.28. The highest BCUT2D eigenvalue weighted by Gasteiger charge is 2.34. The first-order valence-corrected chi connectivity index (χ1v) is 9.89. The fraction of sp³-hybridized carbons (Fsp3) is 0.750. The molecule has 1 saturated carbocycles. The van der Waals surface area contributed by atoms with E-state index in [1.807, 2.05) is 20.8 Å². The molecule has 1 aromatic heterocycles. The number of hydrogen-bond acceptors (Lipinski definition) is 5. The average Bonchev–Trinajstić information content (AvgIpc) is 3.27. The molecule has 0 unspecified atom stereocenters. The minimum atomic E-state index is -0.489. The fourth-order valence-electron chi connectivity index (χ4n) is 2.54. The first-order valence-electron chi connectivity index (χ1n) is 9.89. The topological polar surface area (TPSA) is 92.0 Å². The zero-order chi connectivity index (χ0) is 20.9. The molecular weight excluding hydrogens is 358 g/mol. The summed E-state index contributed by atoms with van der Waals surface area (Å²) in [7, 11) is 1.71. The van der Waals surface area contributed by atoms with Crippen molar-refractivity contribution in [1.29, 1.82) is 0 Å². The molecule has 28 heavy (non-hydrogen) atoms. The normalized spacial score (nSPS) is 15.3. The highest BCUT2D eigenvalue weighted by molar-refractivity contribution is 5.79. The van der Waals surface area contributed by atoms with Crippen molar-refractivity contribution >= 4 is 12.1 Å². The number of aliphatic imine (C=N–C) groups is 1. The largest absolute Gasteiger partial charge is 0.444 e. The predicted molar refractivity (Wildman–Crippen MR) is 109 cm³/mol. The number of oxazole rings is 1. The van der Waals surface area contributed by atoms with E-state index in [4.69, 9.17) is 9.15 Å². The van der Waals surface area contributed by atoms with Gasteiger partial charge in [-0.3, -0.25) is 4.99 Å². The van der Waals surface area contributed by atoms with E-state index in [9.17, 15) is 4.79 Å². The summed E-state index contributed by atoms with van der Waals surface area (Å²) in [5.41, 5.74) is -0.559. The van der Waals surface area contributed by atoms with E-state index in [0.29, 0.717) is 31.5 Å². The Bertz CT molecular complexity index is 681. The van der Waals surface area contributed by atoms with E-state index < -0.39 is 5.60 Å². The van der Waals surface area contributed by atoms with Gasteiger partial charge in [-0.25, -0.2) is 9.78 Å². The van der Waals surface area contributed by atoms with E-state index in [0.717, 1.165) is 18.6 Å². The van der Waals surface area contributed by atoms with Crippen molar-refractivity contribution in [3.8, 4) is 0 Å². The van der Waals surface area contributed by atoms with Crippen molar-refractivity contribution in [2.24, 2.45) is 4.99 Å². The summed E-state index contributed by atoms with van der Waals surface area (Å²) in [5, 5.41) is 6.41. The molecule has 0 aliphatic heterocycles. The van der Waals surface area contributed by atoms with Gasteiger partial charge in [-0.15, -0.1) is 0 Å². The van der Waals surface area contributed by atoms with Gasteiger partial charge < -0.3 is 24.7 Å². The van der Waals surface area contributed by atoms with E-state index in [1.165, 1.54) is 0 Å². The van der Waals surface area contributed by atoms with Crippen LogP contribution in [0.5, 0.6) is 0 Å². The molecule has 0 spiro atoms. The van der Waals surface area contributed by atoms with E-state index in [2.05, 4.69) is 41.4 Å². The Morgan fingerprint density at radius 1 is 1.29 bits per heavy atom. The van der Waals surface area contributed by atoms with Crippen LogP contribution in [0.15, 0.2) is 15.6 Å². The Morgan fingerprint density at radius 2 is 1.96 bits per heavy atom.